The predicted molar refractivity (Wildman–Crippen MR) is 51.4 cm³/mol. The van der Waals surface area contributed by atoms with E-state index in [-0.39, 0.29) is 16.3 Å². The number of halogens is 2. The summed E-state index contributed by atoms with van der Waals surface area (Å²) in [6, 6.07) is 4.88. The fourth-order valence-corrected chi connectivity index (χ4v) is 1.77. The fourth-order valence-electron chi connectivity index (χ4n) is 1.59. The summed E-state index contributed by atoms with van der Waals surface area (Å²) >= 11 is 5.69. The Kier molecular flexibility index (Phi) is 2.05. The second-order valence-electron chi connectivity index (χ2n) is 3.61. The first-order valence-electron chi connectivity index (χ1n) is 4.33. The summed E-state index contributed by atoms with van der Waals surface area (Å²) in [6.45, 7) is 0.620. The third-order valence-electron chi connectivity index (χ3n) is 2.78. The number of hydrogen-bond acceptors (Lipinski definition) is 1. The zero-order valence-electron chi connectivity index (χ0n) is 7.19. The Bertz CT molecular complexity index is 334. The quantitative estimate of drug-likeness (QED) is 0.778. The van der Waals surface area contributed by atoms with Crippen LogP contribution in [0.25, 0.3) is 0 Å². The molecule has 0 unspecified atom stereocenters. The number of hydrogen-bond donors (Lipinski definition) is 1. The molecule has 0 atom stereocenters. The van der Waals surface area contributed by atoms with Crippen molar-refractivity contribution in [3.63, 3.8) is 0 Å². The number of nitrogens with two attached hydrogens (primary N) is 1. The first-order valence-corrected chi connectivity index (χ1v) is 4.71. The van der Waals surface area contributed by atoms with Crippen LogP contribution < -0.4 is 5.73 Å². The standard InChI is InChI=1S/C10H11ClFN/c11-8-5-7(1-2-9(8)12)10(6-13)3-4-10/h1-2,5H,3-4,6,13H2. The van der Waals surface area contributed by atoms with Gasteiger partial charge < -0.3 is 5.73 Å². The molecule has 0 heterocycles. The van der Waals surface area contributed by atoms with Crippen molar-refractivity contribution >= 4 is 11.6 Å². The van der Waals surface area contributed by atoms with Crippen LogP contribution >= 0.6 is 11.6 Å². The van der Waals surface area contributed by atoms with Crippen LogP contribution in [0.2, 0.25) is 5.02 Å². The molecule has 3 heteroatoms. The largest absolute Gasteiger partial charge is 0.330 e. The smallest absolute Gasteiger partial charge is 0.141 e. The minimum atomic E-state index is -0.363. The maximum absolute atomic E-state index is 12.8. The van der Waals surface area contributed by atoms with E-state index in [1.165, 1.54) is 6.07 Å². The summed E-state index contributed by atoms with van der Waals surface area (Å²) in [5.41, 5.74) is 6.82. The molecular formula is C10H11ClFN. The van der Waals surface area contributed by atoms with E-state index < -0.39 is 0 Å². The lowest BCUT2D eigenvalue weighted by atomic mass is 9.96. The van der Waals surface area contributed by atoms with Gasteiger partial charge in [0.15, 0.2) is 0 Å². The van der Waals surface area contributed by atoms with Gasteiger partial charge in [-0.1, -0.05) is 17.7 Å². The van der Waals surface area contributed by atoms with Crippen molar-refractivity contribution < 1.29 is 4.39 Å². The van der Waals surface area contributed by atoms with Gasteiger partial charge in [-0.2, -0.15) is 0 Å². The third-order valence-corrected chi connectivity index (χ3v) is 3.07. The molecule has 1 nitrogen and oxygen atoms in total. The lowest BCUT2D eigenvalue weighted by Crippen LogP contribution is -2.19. The summed E-state index contributed by atoms with van der Waals surface area (Å²) in [7, 11) is 0. The molecule has 0 aliphatic heterocycles. The third kappa shape index (κ3) is 1.45. The zero-order valence-corrected chi connectivity index (χ0v) is 7.94. The first-order chi connectivity index (χ1) is 6.18. The average Bonchev–Trinajstić information content (AvgIpc) is 2.90. The van der Waals surface area contributed by atoms with Crippen LogP contribution in [0.3, 0.4) is 0 Å². The van der Waals surface area contributed by atoms with E-state index in [1.807, 2.05) is 0 Å². The van der Waals surface area contributed by atoms with Crippen LogP contribution in [0, 0.1) is 5.82 Å². The maximum atomic E-state index is 12.8. The molecule has 70 valence electrons. The zero-order chi connectivity index (χ0) is 9.47. The summed E-state index contributed by atoms with van der Waals surface area (Å²) in [5, 5.41) is 0.192. The molecule has 0 bridgehead atoms. The lowest BCUT2D eigenvalue weighted by molar-refractivity contribution is 0.624. The Labute approximate surface area is 81.7 Å². The summed E-state index contributed by atoms with van der Waals surface area (Å²) in [6.07, 6.45) is 2.18. The molecule has 0 amide bonds. The summed E-state index contributed by atoms with van der Waals surface area (Å²) in [4.78, 5) is 0. The van der Waals surface area contributed by atoms with Crippen molar-refractivity contribution in [1.29, 1.82) is 0 Å². The van der Waals surface area contributed by atoms with Gasteiger partial charge in [-0.25, -0.2) is 4.39 Å². The topological polar surface area (TPSA) is 26.0 Å². The normalized spacial score (nSPS) is 18.7. The molecule has 1 aliphatic carbocycles. The van der Waals surface area contributed by atoms with Crippen molar-refractivity contribution in [1.82, 2.24) is 0 Å². The predicted octanol–water partition coefficient (Wildman–Crippen LogP) is 2.47. The van der Waals surface area contributed by atoms with Gasteiger partial charge in [-0.15, -0.1) is 0 Å². The van der Waals surface area contributed by atoms with Gasteiger partial charge in [0.25, 0.3) is 0 Å². The van der Waals surface area contributed by atoms with Gasteiger partial charge in [0.1, 0.15) is 5.82 Å². The summed E-state index contributed by atoms with van der Waals surface area (Å²) < 4.78 is 12.8. The van der Waals surface area contributed by atoms with E-state index in [0.717, 1.165) is 18.4 Å². The van der Waals surface area contributed by atoms with Crippen LogP contribution in [-0.2, 0) is 5.41 Å². The van der Waals surface area contributed by atoms with E-state index in [9.17, 15) is 4.39 Å². The SMILES string of the molecule is NCC1(c2ccc(F)c(Cl)c2)CC1. The molecule has 13 heavy (non-hydrogen) atoms. The van der Waals surface area contributed by atoms with Crippen molar-refractivity contribution in [3.05, 3.63) is 34.6 Å². The summed E-state index contributed by atoms with van der Waals surface area (Å²) in [5.74, 6) is -0.363. The molecule has 1 fully saturated rings. The molecule has 0 radical (unpaired) electrons. The van der Waals surface area contributed by atoms with Crippen molar-refractivity contribution in [2.24, 2.45) is 5.73 Å². The number of benzene rings is 1. The Morgan fingerprint density at radius 3 is 2.62 bits per heavy atom. The van der Waals surface area contributed by atoms with Crippen LogP contribution in [0.15, 0.2) is 18.2 Å². The van der Waals surface area contributed by atoms with Crippen molar-refractivity contribution in [3.8, 4) is 0 Å². The fraction of sp³-hybridized carbons (Fsp3) is 0.400. The van der Waals surface area contributed by atoms with Crippen molar-refractivity contribution in [2.45, 2.75) is 18.3 Å². The molecule has 0 saturated heterocycles. The molecular weight excluding hydrogens is 189 g/mol. The van der Waals surface area contributed by atoms with E-state index in [2.05, 4.69) is 0 Å². The van der Waals surface area contributed by atoms with Gasteiger partial charge in [0, 0.05) is 12.0 Å². The highest BCUT2D eigenvalue weighted by molar-refractivity contribution is 6.30. The minimum Gasteiger partial charge on any atom is -0.330 e. The molecule has 0 aromatic heterocycles. The first kappa shape index (κ1) is 8.97. The van der Waals surface area contributed by atoms with Gasteiger partial charge in [0.2, 0.25) is 0 Å². The molecule has 2 N–H and O–H groups in total. The Balaban J connectivity index is 2.37. The average molecular weight is 200 g/mol. The monoisotopic (exact) mass is 199 g/mol. The maximum Gasteiger partial charge on any atom is 0.141 e. The van der Waals surface area contributed by atoms with E-state index in [0.29, 0.717) is 6.54 Å². The Morgan fingerprint density at radius 1 is 1.46 bits per heavy atom. The van der Waals surface area contributed by atoms with Gasteiger partial charge in [-0.05, 0) is 30.5 Å². The lowest BCUT2D eigenvalue weighted by Gasteiger charge is -2.12. The van der Waals surface area contributed by atoms with Crippen LogP contribution in [0.5, 0.6) is 0 Å². The van der Waals surface area contributed by atoms with Gasteiger partial charge in [0.05, 0.1) is 5.02 Å². The van der Waals surface area contributed by atoms with Crippen LogP contribution in [0.4, 0.5) is 4.39 Å². The van der Waals surface area contributed by atoms with Gasteiger partial charge >= 0.3 is 0 Å². The highest BCUT2D eigenvalue weighted by Gasteiger charge is 2.42. The molecule has 1 aromatic carbocycles. The second kappa shape index (κ2) is 2.96. The molecule has 1 aromatic rings. The highest BCUT2D eigenvalue weighted by atomic mass is 35.5. The minimum absolute atomic E-state index is 0.0946. The molecule has 1 aliphatic rings. The molecule has 1 saturated carbocycles. The molecule has 2 rings (SSSR count). The Morgan fingerprint density at radius 2 is 2.15 bits per heavy atom. The van der Waals surface area contributed by atoms with Gasteiger partial charge in [-0.3, -0.25) is 0 Å². The number of rotatable bonds is 2. The highest BCUT2D eigenvalue weighted by Crippen LogP contribution is 2.47. The van der Waals surface area contributed by atoms with Crippen LogP contribution in [0.1, 0.15) is 18.4 Å². The van der Waals surface area contributed by atoms with E-state index in [1.54, 1.807) is 12.1 Å². The molecule has 0 spiro atoms. The Hall–Kier alpha value is -0.600. The van der Waals surface area contributed by atoms with Crippen molar-refractivity contribution in [2.75, 3.05) is 6.54 Å². The second-order valence-corrected chi connectivity index (χ2v) is 4.02. The van der Waals surface area contributed by atoms with E-state index in [4.69, 9.17) is 17.3 Å². The van der Waals surface area contributed by atoms with Crippen LogP contribution in [-0.4, -0.2) is 6.54 Å². The van der Waals surface area contributed by atoms with E-state index >= 15 is 0 Å².